The predicted molar refractivity (Wildman–Crippen MR) is 65.7 cm³/mol. The van der Waals surface area contributed by atoms with Crippen LogP contribution in [0, 0.1) is 0 Å². The summed E-state index contributed by atoms with van der Waals surface area (Å²) in [4.78, 5) is 11.2. The van der Waals surface area contributed by atoms with Crippen LogP contribution in [0.25, 0.3) is 0 Å². The van der Waals surface area contributed by atoms with E-state index in [-0.39, 0.29) is 5.97 Å². The zero-order valence-electron chi connectivity index (χ0n) is 9.53. The average molecular weight is 219 g/mol. The van der Waals surface area contributed by atoms with E-state index in [0.717, 1.165) is 25.1 Å². The predicted octanol–water partition coefficient (Wildman–Crippen LogP) is 2.85. The number of carbonyl (C=O) groups excluding carboxylic acids is 1. The first-order valence-corrected chi connectivity index (χ1v) is 5.31. The molecule has 0 unspecified atom stereocenters. The molecule has 0 saturated carbocycles. The Morgan fingerprint density at radius 1 is 1.44 bits per heavy atom. The lowest BCUT2D eigenvalue weighted by atomic mass is 10.2. The smallest absolute Gasteiger partial charge is 0.337 e. The molecule has 0 aliphatic heterocycles. The van der Waals surface area contributed by atoms with Gasteiger partial charge in [-0.2, -0.15) is 0 Å². The lowest BCUT2D eigenvalue weighted by Crippen LogP contribution is -2.03. The highest BCUT2D eigenvalue weighted by Crippen LogP contribution is 2.10. The second-order valence-corrected chi connectivity index (χ2v) is 3.43. The average Bonchev–Trinajstić information content (AvgIpc) is 2.34. The summed E-state index contributed by atoms with van der Waals surface area (Å²) in [7, 11) is 1.38. The second kappa shape index (κ2) is 6.67. The minimum Gasteiger partial charge on any atom is -0.465 e. The molecule has 0 fully saturated rings. The molecule has 0 amide bonds. The number of benzene rings is 1. The third kappa shape index (κ3) is 3.77. The summed E-state index contributed by atoms with van der Waals surface area (Å²) in [5, 5.41) is 3.26. The first kappa shape index (κ1) is 12.3. The molecule has 1 rings (SSSR count). The van der Waals surface area contributed by atoms with E-state index in [2.05, 4.69) is 16.6 Å². The first-order chi connectivity index (χ1) is 7.77. The Labute approximate surface area is 96.1 Å². The van der Waals surface area contributed by atoms with Crippen LogP contribution in [-0.2, 0) is 4.74 Å². The van der Waals surface area contributed by atoms with Crippen LogP contribution in [-0.4, -0.2) is 19.6 Å². The minimum atomic E-state index is -0.307. The van der Waals surface area contributed by atoms with E-state index in [1.807, 2.05) is 18.2 Å². The van der Waals surface area contributed by atoms with Crippen molar-refractivity contribution >= 4 is 11.7 Å². The number of ether oxygens (including phenoxy) is 1. The van der Waals surface area contributed by atoms with Gasteiger partial charge in [0.2, 0.25) is 0 Å². The maximum atomic E-state index is 11.2. The molecule has 0 aliphatic carbocycles. The number of methoxy groups -OCH3 is 1. The van der Waals surface area contributed by atoms with Gasteiger partial charge in [0.15, 0.2) is 0 Å². The van der Waals surface area contributed by atoms with E-state index in [1.165, 1.54) is 7.11 Å². The normalized spacial score (nSPS) is 9.56. The van der Waals surface area contributed by atoms with Crippen LogP contribution in [0.5, 0.6) is 0 Å². The summed E-state index contributed by atoms with van der Waals surface area (Å²) in [5.74, 6) is -0.307. The van der Waals surface area contributed by atoms with Crippen molar-refractivity contribution in [3.8, 4) is 0 Å². The lowest BCUT2D eigenvalue weighted by molar-refractivity contribution is 0.0601. The van der Waals surface area contributed by atoms with E-state index in [0.29, 0.717) is 5.56 Å². The number of allylic oxidation sites excluding steroid dienone is 1. The van der Waals surface area contributed by atoms with E-state index < -0.39 is 0 Å². The van der Waals surface area contributed by atoms with Crippen LogP contribution in [0.4, 0.5) is 5.69 Å². The van der Waals surface area contributed by atoms with Gasteiger partial charge in [-0.25, -0.2) is 4.79 Å². The number of anilines is 1. The lowest BCUT2D eigenvalue weighted by Gasteiger charge is -2.05. The molecule has 16 heavy (non-hydrogen) atoms. The summed E-state index contributed by atoms with van der Waals surface area (Å²) in [5.41, 5.74) is 1.58. The van der Waals surface area contributed by atoms with Crippen molar-refractivity contribution in [2.45, 2.75) is 12.8 Å². The van der Waals surface area contributed by atoms with Gasteiger partial charge < -0.3 is 10.1 Å². The Morgan fingerprint density at radius 2 is 2.12 bits per heavy atom. The zero-order valence-corrected chi connectivity index (χ0v) is 9.53. The SMILES string of the molecule is C=CCCCNc1ccc(C(=O)OC)cc1. The van der Waals surface area contributed by atoms with Gasteiger partial charge in [0.25, 0.3) is 0 Å². The summed E-state index contributed by atoms with van der Waals surface area (Å²) in [6, 6.07) is 7.25. The number of nitrogens with one attached hydrogen (secondary N) is 1. The molecule has 1 aromatic rings. The third-order valence-electron chi connectivity index (χ3n) is 2.22. The van der Waals surface area contributed by atoms with Gasteiger partial charge in [-0.3, -0.25) is 0 Å². The molecule has 0 aliphatic rings. The van der Waals surface area contributed by atoms with Gasteiger partial charge in [-0.05, 0) is 37.1 Å². The van der Waals surface area contributed by atoms with Gasteiger partial charge in [0.05, 0.1) is 12.7 Å². The Kier molecular flexibility index (Phi) is 5.12. The maximum absolute atomic E-state index is 11.2. The Morgan fingerprint density at radius 3 is 2.69 bits per heavy atom. The number of hydrogen-bond acceptors (Lipinski definition) is 3. The number of hydrogen-bond donors (Lipinski definition) is 1. The molecule has 0 bridgehead atoms. The fourth-order valence-electron chi connectivity index (χ4n) is 1.32. The number of carbonyl (C=O) groups is 1. The van der Waals surface area contributed by atoms with Crippen molar-refractivity contribution in [3.63, 3.8) is 0 Å². The van der Waals surface area contributed by atoms with Gasteiger partial charge in [-0.15, -0.1) is 6.58 Å². The molecule has 0 aromatic heterocycles. The largest absolute Gasteiger partial charge is 0.465 e. The van der Waals surface area contributed by atoms with Crippen molar-refractivity contribution < 1.29 is 9.53 Å². The Hall–Kier alpha value is -1.77. The van der Waals surface area contributed by atoms with Crippen molar-refractivity contribution in [1.29, 1.82) is 0 Å². The molecule has 0 radical (unpaired) electrons. The van der Waals surface area contributed by atoms with Crippen molar-refractivity contribution in [3.05, 3.63) is 42.5 Å². The molecular formula is C13H17NO2. The molecule has 0 atom stereocenters. The summed E-state index contributed by atoms with van der Waals surface area (Å²) >= 11 is 0. The molecule has 1 N–H and O–H groups in total. The molecule has 0 saturated heterocycles. The minimum absolute atomic E-state index is 0.307. The molecule has 86 valence electrons. The summed E-state index contributed by atoms with van der Waals surface area (Å²) in [6.07, 6.45) is 3.97. The second-order valence-electron chi connectivity index (χ2n) is 3.43. The number of rotatable bonds is 6. The number of esters is 1. The van der Waals surface area contributed by atoms with Crippen LogP contribution in [0.2, 0.25) is 0 Å². The van der Waals surface area contributed by atoms with Gasteiger partial charge >= 0.3 is 5.97 Å². The highest BCUT2D eigenvalue weighted by molar-refractivity contribution is 5.89. The van der Waals surface area contributed by atoms with Crippen LogP contribution >= 0.6 is 0 Å². The molecule has 3 heteroatoms. The first-order valence-electron chi connectivity index (χ1n) is 5.31. The quantitative estimate of drug-likeness (QED) is 0.454. The Bertz CT molecular complexity index is 343. The van der Waals surface area contributed by atoms with Gasteiger partial charge in [-0.1, -0.05) is 6.08 Å². The fourth-order valence-corrected chi connectivity index (χ4v) is 1.32. The fraction of sp³-hybridized carbons (Fsp3) is 0.308. The molecule has 3 nitrogen and oxygen atoms in total. The Balaban J connectivity index is 2.45. The third-order valence-corrected chi connectivity index (χ3v) is 2.22. The number of unbranched alkanes of at least 4 members (excludes halogenated alkanes) is 1. The van der Waals surface area contributed by atoms with Gasteiger partial charge in [0, 0.05) is 12.2 Å². The molecular weight excluding hydrogens is 202 g/mol. The summed E-state index contributed by atoms with van der Waals surface area (Å²) in [6.45, 7) is 4.57. The van der Waals surface area contributed by atoms with Crippen LogP contribution in [0.15, 0.2) is 36.9 Å². The van der Waals surface area contributed by atoms with E-state index in [4.69, 9.17) is 0 Å². The molecule has 0 heterocycles. The standard InChI is InChI=1S/C13H17NO2/c1-3-4-5-10-14-12-8-6-11(7-9-12)13(15)16-2/h3,6-9,14H,1,4-5,10H2,2H3. The van der Waals surface area contributed by atoms with E-state index in [1.54, 1.807) is 12.1 Å². The van der Waals surface area contributed by atoms with Crippen LogP contribution < -0.4 is 5.32 Å². The summed E-state index contributed by atoms with van der Waals surface area (Å²) < 4.78 is 4.62. The van der Waals surface area contributed by atoms with Crippen molar-refractivity contribution in [2.75, 3.05) is 19.0 Å². The topological polar surface area (TPSA) is 38.3 Å². The van der Waals surface area contributed by atoms with E-state index in [9.17, 15) is 4.79 Å². The molecule has 1 aromatic carbocycles. The van der Waals surface area contributed by atoms with Crippen LogP contribution in [0.1, 0.15) is 23.2 Å². The zero-order chi connectivity index (χ0) is 11.8. The highest BCUT2D eigenvalue weighted by atomic mass is 16.5. The van der Waals surface area contributed by atoms with Crippen molar-refractivity contribution in [1.82, 2.24) is 0 Å². The molecule has 0 spiro atoms. The maximum Gasteiger partial charge on any atom is 0.337 e. The van der Waals surface area contributed by atoms with Crippen LogP contribution in [0.3, 0.4) is 0 Å². The highest BCUT2D eigenvalue weighted by Gasteiger charge is 2.03. The monoisotopic (exact) mass is 219 g/mol. The van der Waals surface area contributed by atoms with Gasteiger partial charge in [0.1, 0.15) is 0 Å². The van der Waals surface area contributed by atoms with Crippen molar-refractivity contribution in [2.24, 2.45) is 0 Å². The van der Waals surface area contributed by atoms with E-state index >= 15 is 0 Å².